The second kappa shape index (κ2) is 2.28. The van der Waals surface area contributed by atoms with E-state index in [4.69, 9.17) is 4.42 Å². The van der Waals surface area contributed by atoms with Crippen molar-refractivity contribution in [2.24, 2.45) is 0 Å². The number of alkyl halides is 2. The summed E-state index contributed by atoms with van der Waals surface area (Å²) in [5.74, 6) is -1.53. The summed E-state index contributed by atoms with van der Waals surface area (Å²) in [5.41, 5.74) is 0. The number of halogens is 2. The smallest absolute Gasteiger partial charge is 0.249 e. The van der Waals surface area contributed by atoms with Crippen LogP contribution in [0, 0.1) is 6.92 Å². The molecule has 0 saturated heterocycles. The van der Waals surface area contributed by atoms with Crippen molar-refractivity contribution in [1.29, 1.82) is 0 Å². The largest absolute Gasteiger partial charge is 0.446 e. The molecule has 0 spiro atoms. The van der Waals surface area contributed by atoms with Crippen LogP contribution in [0.25, 0.3) is 0 Å². The topological polar surface area (TPSA) is 26.0 Å². The summed E-state index contributed by atoms with van der Waals surface area (Å²) in [5, 5.41) is 0. The Balaban J connectivity index is 2.06. The van der Waals surface area contributed by atoms with Crippen LogP contribution in [0.15, 0.2) is 10.6 Å². The second-order valence-electron chi connectivity index (χ2n) is 3.27. The molecule has 2 nitrogen and oxygen atoms in total. The summed E-state index contributed by atoms with van der Waals surface area (Å²) in [6, 6.07) is 0. The monoisotopic (exact) mass is 173 g/mol. The van der Waals surface area contributed by atoms with Gasteiger partial charge in [0.15, 0.2) is 5.89 Å². The van der Waals surface area contributed by atoms with E-state index >= 15 is 0 Å². The van der Waals surface area contributed by atoms with E-state index in [0.29, 0.717) is 11.7 Å². The molecule has 2 rings (SSSR count). The fourth-order valence-corrected chi connectivity index (χ4v) is 1.40. The zero-order valence-corrected chi connectivity index (χ0v) is 6.68. The standard InChI is InChI=1S/C8H9F2NO/c1-5-4-11-7(12-5)6-2-8(9,10)3-6/h4,6H,2-3H2,1H3. The third-order valence-electron chi connectivity index (χ3n) is 2.08. The lowest BCUT2D eigenvalue weighted by Gasteiger charge is -2.32. The molecule has 0 unspecified atom stereocenters. The first-order valence-corrected chi connectivity index (χ1v) is 3.87. The van der Waals surface area contributed by atoms with E-state index in [1.165, 1.54) is 0 Å². The molecule has 0 atom stereocenters. The molecule has 0 N–H and O–H groups in total. The summed E-state index contributed by atoms with van der Waals surface area (Å²) in [6.45, 7) is 1.76. The first-order chi connectivity index (χ1) is 5.57. The first-order valence-electron chi connectivity index (χ1n) is 3.87. The van der Waals surface area contributed by atoms with E-state index in [0.717, 1.165) is 0 Å². The van der Waals surface area contributed by atoms with Gasteiger partial charge in [-0.25, -0.2) is 13.8 Å². The highest BCUT2D eigenvalue weighted by Crippen LogP contribution is 2.47. The van der Waals surface area contributed by atoms with E-state index in [-0.39, 0.29) is 18.8 Å². The van der Waals surface area contributed by atoms with Gasteiger partial charge in [0.2, 0.25) is 5.92 Å². The number of rotatable bonds is 1. The van der Waals surface area contributed by atoms with Crippen LogP contribution in [0.1, 0.15) is 30.4 Å². The van der Waals surface area contributed by atoms with Gasteiger partial charge in [0.05, 0.1) is 6.20 Å². The van der Waals surface area contributed by atoms with Crippen LogP contribution in [0.3, 0.4) is 0 Å². The molecular weight excluding hydrogens is 164 g/mol. The number of nitrogens with zero attached hydrogens (tertiary/aromatic N) is 1. The maximum Gasteiger partial charge on any atom is 0.249 e. The van der Waals surface area contributed by atoms with Crippen molar-refractivity contribution in [3.63, 3.8) is 0 Å². The van der Waals surface area contributed by atoms with Gasteiger partial charge in [0, 0.05) is 18.8 Å². The molecule has 66 valence electrons. The highest BCUT2D eigenvalue weighted by molar-refractivity contribution is 5.05. The molecule has 4 heteroatoms. The number of oxazole rings is 1. The summed E-state index contributed by atoms with van der Waals surface area (Å²) in [4.78, 5) is 3.90. The minimum atomic E-state index is -2.49. The van der Waals surface area contributed by atoms with Gasteiger partial charge in [-0.3, -0.25) is 0 Å². The Morgan fingerprint density at radius 1 is 1.58 bits per heavy atom. The van der Waals surface area contributed by atoms with Gasteiger partial charge >= 0.3 is 0 Å². The molecular formula is C8H9F2NO. The Hall–Kier alpha value is -0.930. The molecule has 1 aliphatic rings. The van der Waals surface area contributed by atoms with Crippen molar-refractivity contribution in [2.45, 2.75) is 31.6 Å². The van der Waals surface area contributed by atoms with Gasteiger partial charge in [0.25, 0.3) is 0 Å². The summed E-state index contributed by atoms with van der Waals surface area (Å²) in [6.07, 6.45) is 1.33. The highest BCUT2D eigenvalue weighted by Gasteiger charge is 2.47. The van der Waals surface area contributed by atoms with Gasteiger partial charge in [-0.05, 0) is 6.92 Å². The van der Waals surface area contributed by atoms with Gasteiger partial charge in [-0.15, -0.1) is 0 Å². The first kappa shape index (κ1) is 7.71. The second-order valence-corrected chi connectivity index (χ2v) is 3.27. The maximum atomic E-state index is 12.4. The Morgan fingerprint density at radius 2 is 2.25 bits per heavy atom. The lowest BCUT2D eigenvalue weighted by atomic mass is 9.81. The fraction of sp³-hybridized carbons (Fsp3) is 0.625. The van der Waals surface area contributed by atoms with E-state index in [1.54, 1.807) is 13.1 Å². The zero-order valence-electron chi connectivity index (χ0n) is 6.68. The van der Waals surface area contributed by atoms with Crippen molar-refractivity contribution in [2.75, 3.05) is 0 Å². The van der Waals surface area contributed by atoms with Gasteiger partial charge in [-0.2, -0.15) is 0 Å². The Kier molecular flexibility index (Phi) is 1.46. The quantitative estimate of drug-likeness (QED) is 0.652. The average Bonchev–Trinajstić information content (AvgIpc) is 2.30. The van der Waals surface area contributed by atoms with Crippen molar-refractivity contribution >= 4 is 0 Å². The molecule has 0 bridgehead atoms. The summed E-state index contributed by atoms with van der Waals surface area (Å²) in [7, 11) is 0. The molecule has 1 aliphatic carbocycles. The number of hydrogen-bond acceptors (Lipinski definition) is 2. The average molecular weight is 173 g/mol. The summed E-state index contributed by atoms with van der Waals surface area (Å²) < 4.78 is 30.0. The van der Waals surface area contributed by atoms with Crippen molar-refractivity contribution in [3.8, 4) is 0 Å². The zero-order chi connectivity index (χ0) is 8.77. The van der Waals surface area contributed by atoms with Crippen LogP contribution < -0.4 is 0 Å². The lowest BCUT2D eigenvalue weighted by Crippen LogP contribution is -2.33. The highest BCUT2D eigenvalue weighted by atomic mass is 19.3. The SMILES string of the molecule is Cc1cnc(C2CC(F)(F)C2)o1. The minimum Gasteiger partial charge on any atom is -0.446 e. The molecule has 1 heterocycles. The van der Waals surface area contributed by atoms with Gasteiger partial charge in [-0.1, -0.05) is 0 Å². The van der Waals surface area contributed by atoms with E-state index in [9.17, 15) is 8.78 Å². The fourth-order valence-electron chi connectivity index (χ4n) is 1.40. The molecule has 1 fully saturated rings. The minimum absolute atomic E-state index is 0.118. The third-order valence-corrected chi connectivity index (χ3v) is 2.08. The predicted molar refractivity (Wildman–Crippen MR) is 38.2 cm³/mol. The van der Waals surface area contributed by atoms with Crippen molar-refractivity contribution in [1.82, 2.24) is 4.98 Å². The van der Waals surface area contributed by atoms with Crippen LogP contribution in [0.5, 0.6) is 0 Å². The predicted octanol–water partition coefficient (Wildman–Crippen LogP) is 2.50. The van der Waals surface area contributed by atoms with E-state index in [2.05, 4.69) is 4.98 Å². The molecule has 0 amide bonds. The van der Waals surface area contributed by atoms with Crippen molar-refractivity contribution < 1.29 is 13.2 Å². The molecule has 1 saturated carbocycles. The molecule has 0 radical (unpaired) electrons. The Bertz CT molecular complexity index is 287. The molecule has 1 aromatic rings. The third kappa shape index (κ3) is 1.21. The van der Waals surface area contributed by atoms with E-state index in [1.807, 2.05) is 0 Å². The van der Waals surface area contributed by atoms with Crippen LogP contribution in [-0.2, 0) is 0 Å². The molecule has 0 aromatic carbocycles. The number of hydrogen-bond donors (Lipinski definition) is 0. The van der Waals surface area contributed by atoms with E-state index < -0.39 is 5.92 Å². The van der Waals surface area contributed by atoms with Gasteiger partial charge < -0.3 is 4.42 Å². The number of aromatic nitrogens is 1. The Morgan fingerprint density at radius 3 is 2.67 bits per heavy atom. The van der Waals surface area contributed by atoms with Crippen LogP contribution in [0.2, 0.25) is 0 Å². The Labute approximate surface area is 68.6 Å². The molecule has 0 aliphatic heterocycles. The summed E-state index contributed by atoms with van der Waals surface area (Å²) >= 11 is 0. The van der Waals surface area contributed by atoms with Gasteiger partial charge in [0.1, 0.15) is 5.76 Å². The number of aryl methyl sites for hydroxylation is 1. The van der Waals surface area contributed by atoms with Crippen LogP contribution in [0.4, 0.5) is 8.78 Å². The maximum absolute atomic E-state index is 12.4. The van der Waals surface area contributed by atoms with Crippen LogP contribution >= 0.6 is 0 Å². The van der Waals surface area contributed by atoms with Crippen molar-refractivity contribution in [3.05, 3.63) is 17.8 Å². The van der Waals surface area contributed by atoms with Crippen LogP contribution in [-0.4, -0.2) is 10.9 Å². The molecule has 1 aromatic heterocycles. The lowest BCUT2D eigenvalue weighted by molar-refractivity contribution is -0.0919. The molecule has 12 heavy (non-hydrogen) atoms. The normalized spacial score (nSPS) is 22.2.